The molecule has 0 rings (SSSR count). The fourth-order valence-corrected chi connectivity index (χ4v) is 0.309. The lowest BCUT2D eigenvalue weighted by Crippen LogP contribution is -2.49. The zero-order valence-electron chi connectivity index (χ0n) is 4.92. The molecule has 0 fully saturated rings. The van der Waals surface area contributed by atoms with Gasteiger partial charge in [-0.05, 0) is 6.92 Å². The molecule has 0 aromatic heterocycles. The van der Waals surface area contributed by atoms with Crippen LogP contribution in [-0.2, 0) is 4.74 Å². The second kappa shape index (κ2) is 2.99. The van der Waals surface area contributed by atoms with Crippen LogP contribution < -0.4 is 11.5 Å². The fraction of sp³-hybridized carbons (Fsp3) is 1.00. The molecule has 1 unspecified atom stereocenters. The van der Waals surface area contributed by atoms with Crippen molar-refractivity contribution in [3.63, 3.8) is 0 Å². The van der Waals surface area contributed by atoms with Gasteiger partial charge in [0.1, 0.15) is 0 Å². The Morgan fingerprint density at radius 1 is 1.75 bits per heavy atom. The molecule has 0 amide bonds. The van der Waals surface area contributed by atoms with Crippen LogP contribution in [0.3, 0.4) is 0 Å². The third-order valence-corrected chi connectivity index (χ3v) is 0.687. The van der Waals surface area contributed by atoms with E-state index < -0.39 is 5.91 Å². The summed E-state index contributed by atoms with van der Waals surface area (Å²) in [5, 5.41) is 8.75. The topological polar surface area (TPSA) is 81.5 Å². The Labute approximate surface area is 48.4 Å². The van der Waals surface area contributed by atoms with E-state index in [4.69, 9.17) is 16.6 Å². The first-order chi connectivity index (χ1) is 3.62. The largest absolute Gasteiger partial charge is 0.352 e. The summed E-state index contributed by atoms with van der Waals surface area (Å²) in [6.07, 6.45) is 0. The van der Waals surface area contributed by atoms with Gasteiger partial charge in [0.05, 0.1) is 6.54 Å². The molecule has 50 valence electrons. The molecule has 8 heavy (non-hydrogen) atoms. The monoisotopic (exact) mass is 120 g/mol. The van der Waals surface area contributed by atoms with Gasteiger partial charge in [-0.15, -0.1) is 0 Å². The van der Waals surface area contributed by atoms with Gasteiger partial charge in [-0.25, -0.2) is 0 Å². The Bertz CT molecular complexity index is 65.1. The first kappa shape index (κ1) is 7.84. The fourth-order valence-electron chi connectivity index (χ4n) is 0.309. The van der Waals surface area contributed by atoms with Crippen LogP contribution in [-0.4, -0.2) is 24.2 Å². The smallest absolute Gasteiger partial charge is 0.235 e. The van der Waals surface area contributed by atoms with E-state index in [1.807, 2.05) is 0 Å². The van der Waals surface area contributed by atoms with Crippen molar-refractivity contribution >= 4 is 0 Å². The summed E-state index contributed by atoms with van der Waals surface area (Å²) in [6.45, 7) is 2.01. The lowest BCUT2D eigenvalue weighted by Gasteiger charge is -2.19. The highest BCUT2D eigenvalue weighted by atomic mass is 16.6. The van der Waals surface area contributed by atoms with Crippen molar-refractivity contribution in [2.24, 2.45) is 11.5 Å². The minimum absolute atomic E-state index is 0.0825. The average Bonchev–Trinajstić information content (AvgIpc) is 1.67. The summed E-state index contributed by atoms with van der Waals surface area (Å²) in [5.74, 6) is -1.63. The van der Waals surface area contributed by atoms with Crippen LogP contribution in [0, 0.1) is 0 Å². The number of hydrogen-bond donors (Lipinski definition) is 3. The van der Waals surface area contributed by atoms with Crippen LogP contribution in [0.4, 0.5) is 0 Å². The molecule has 5 N–H and O–H groups in total. The number of nitrogens with two attached hydrogens (primary N) is 2. The average molecular weight is 120 g/mol. The van der Waals surface area contributed by atoms with Crippen molar-refractivity contribution in [1.29, 1.82) is 0 Å². The Morgan fingerprint density at radius 3 is 2.38 bits per heavy atom. The van der Waals surface area contributed by atoms with Gasteiger partial charge in [0.25, 0.3) is 0 Å². The Kier molecular flexibility index (Phi) is 2.93. The predicted molar refractivity (Wildman–Crippen MR) is 29.8 cm³/mol. The number of aliphatic hydroxyl groups is 1. The standard InChI is InChI=1S/C4H12N2O2/c1-2-8-4(6,7)3-5/h7H,2-3,5-6H2,1H3. The van der Waals surface area contributed by atoms with Crippen molar-refractivity contribution in [3.05, 3.63) is 0 Å². The van der Waals surface area contributed by atoms with Crippen molar-refractivity contribution in [1.82, 2.24) is 0 Å². The summed E-state index contributed by atoms with van der Waals surface area (Å²) < 4.78 is 4.59. The summed E-state index contributed by atoms with van der Waals surface area (Å²) >= 11 is 0. The van der Waals surface area contributed by atoms with Crippen LogP contribution in [0.1, 0.15) is 6.92 Å². The number of hydrogen-bond acceptors (Lipinski definition) is 4. The first-order valence-electron chi connectivity index (χ1n) is 2.47. The van der Waals surface area contributed by atoms with Gasteiger partial charge in [0.2, 0.25) is 5.91 Å². The minimum Gasteiger partial charge on any atom is -0.352 e. The molecule has 4 nitrogen and oxygen atoms in total. The maximum Gasteiger partial charge on any atom is 0.235 e. The van der Waals surface area contributed by atoms with Crippen molar-refractivity contribution in [2.45, 2.75) is 12.8 Å². The van der Waals surface area contributed by atoms with Gasteiger partial charge in [-0.1, -0.05) is 0 Å². The van der Waals surface area contributed by atoms with Gasteiger partial charge < -0.3 is 15.6 Å². The maximum absolute atomic E-state index is 8.75. The first-order valence-corrected chi connectivity index (χ1v) is 2.47. The molecular weight excluding hydrogens is 108 g/mol. The lowest BCUT2D eigenvalue weighted by molar-refractivity contribution is -0.188. The Balaban J connectivity index is 3.37. The van der Waals surface area contributed by atoms with E-state index in [1.54, 1.807) is 6.92 Å². The van der Waals surface area contributed by atoms with Crippen molar-refractivity contribution < 1.29 is 9.84 Å². The summed E-state index contributed by atoms with van der Waals surface area (Å²) in [5.41, 5.74) is 10.0. The lowest BCUT2D eigenvalue weighted by atomic mass is 10.5. The molecule has 1 atom stereocenters. The van der Waals surface area contributed by atoms with Crippen LogP contribution in [0.15, 0.2) is 0 Å². The summed E-state index contributed by atoms with van der Waals surface area (Å²) in [6, 6.07) is 0. The molecule has 4 heteroatoms. The molecule has 0 heterocycles. The van der Waals surface area contributed by atoms with Crippen molar-refractivity contribution in [3.8, 4) is 0 Å². The van der Waals surface area contributed by atoms with Crippen LogP contribution >= 0.6 is 0 Å². The van der Waals surface area contributed by atoms with Crippen LogP contribution in [0.25, 0.3) is 0 Å². The van der Waals surface area contributed by atoms with Gasteiger partial charge in [0.15, 0.2) is 0 Å². The zero-order chi connectivity index (χ0) is 6.62. The summed E-state index contributed by atoms with van der Waals surface area (Å²) in [7, 11) is 0. The molecule has 0 aliphatic rings. The van der Waals surface area contributed by atoms with E-state index in [2.05, 4.69) is 4.74 Å². The summed E-state index contributed by atoms with van der Waals surface area (Å²) in [4.78, 5) is 0. The minimum atomic E-state index is -1.63. The van der Waals surface area contributed by atoms with E-state index in [-0.39, 0.29) is 6.54 Å². The van der Waals surface area contributed by atoms with E-state index >= 15 is 0 Å². The van der Waals surface area contributed by atoms with E-state index in [1.165, 1.54) is 0 Å². The highest BCUT2D eigenvalue weighted by molar-refractivity contribution is 4.55. The van der Waals surface area contributed by atoms with Crippen LogP contribution in [0.5, 0.6) is 0 Å². The second-order valence-electron chi connectivity index (χ2n) is 1.48. The van der Waals surface area contributed by atoms with Crippen LogP contribution in [0.2, 0.25) is 0 Å². The Hall–Kier alpha value is -0.160. The van der Waals surface area contributed by atoms with E-state index in [0.717, 1.165) is 0 Å². The van der Waals surface area contributed by atoms with Gasteiger partial charge in [-0.2, -0.15) is 0 Å². The molecule has 0 saturated carbocycles. The zero-order valence-corrected chi connectivity index (χ0v) is 4.92. The van der Waals surface area contributed by atoms with Gasteiger partial charge in [-0.3, -0.25) is 5.73 Å². The normalized spacial score (nSPS) is 18.0. The number of rotatable bonds is 3. The molecule has 0 spiro atoms. The number of ether oxygens (including phenoxy) is 1. The molecule has 0 bridgehead atoms. The van der Waals surface area contributed by atoms with E-state index in [9.17, 15) is 0 Å². The quantitative estimate of drug-likeness (QED) is 0.399. The van der Waals surface area contributed by atoms with E-state index in [0.29, 0.717) is 6.61 Å². The van der Waals surface area contributed by atoms with Gasteiger partial charge >= 0.3 is 0 Å². The predicted octanol–water partition coefficient (Wildman–Crippen LogP) is -1.41. The third kappa shape index (κ3) is 2.92. The highest BCUT2D eigenvalue weighted by Crippen LogP contribution is 1.91. The molecule has 0 aromatic rings. The molecule has 0 aromatic carbocycles. The second-order valence-corrected chi connectivity index (χ2v) is 1.48. The molecule has 0 aliphatic heterocycles. The van der Waals surface area contributed by atoms with Crippen molar-refractivity contribution in [2.75, 3.05) is 13.2 Å². The molecule has 0 aliphatic carbocycles. The third-order valence-electron chi connectivity index (χ3n) is 0.687. The highest BCUT2D eigenvalue weighted by Gasteiger charge is 2.16. The molecule has 0 radical (unpaired) electrons. The van der Waals surface area contributed by atoms with Gasteiger partial charge in [0, 0.05) is 6.61 Å². The Morgan fingerprint density at radius 2 is 2.25 bits per heavy atom. The SMILES string of the molecule is CCOC(N)(O)CN. The maximum atomic E-state index is 8.75. The molecular formula is C4H12N2O2. The molecule has 0 saturated heterocycles.